The Bertz CT molecular complexity index is 316. The molecule has 1 heterocycles. The van der Waals surface area contributed by atoms with Gasteiger partial charge in [0.2, 0.25) is 0 Å². The summed E-state index contributed by atoms with van der Waals surface area (Å²) in [7, 11) is 0. The molecule has 1 aliphatic heterocycles. The summed E-state index contributed by atoms with van der Waals surface area (Å²) in [6, 6.07) is 5.53. The van der Waals surface area contributed by atoms with E-state index in [2.05, 4.69) is 4.90 Å². The molecule has 2 heteroatoms. The van der Waals surface area contributed by atoms with Crippen molar-refractivity contribution in [2.24, 2.45) is 0 Å². The van der Waals surface area contributed by atoms with Crippen molar-refractivity contribution in [1.82, 2.24) is 0 Å². The maximum absolute atomic E-state index is 13.3. The topological polar surface area (TPSA) is 3.24 Å². The first-order chi connectivity index (χ1) is 6.77. The first-order valence-electron chi connectivity index (χ1n) is 5.28. The minimum Gasteiger partial charge on any atom is -0.371 e. The Hall–Kier alpha value is -1.05. The average Bonchev–Trinajstić information content (AvgIpc) is 2.23. The third-order valence-electron chi connectivity index (χ3n) is 2.88. The molecule has 0 aliphatic carbocycles. The van der Waals surface area contributed by atoms with Gasteiger partial charge < -0.3 is 4.90 Å². The Morgan fingerprint density at radius 1 is 1.14 bits per heavy atom. The van der Waals surface area contributed by atoms with Crippen LogP contribution in [0.25, 0.3) is 0 Å². The standard InChI is InChI=1S/C12H16FN/c1-10-5-6-11(9-12(10)13)14-7-3-2-4-8-14/h5-6,9H,2-4,7-8H2,1H3. The van der Waals surface area contributed by atoms with E-state index >= 15 is 0 Å². The summed E-state index contributed by atoms with van der Waals surface area (Å²) < 4.78 is 13.3. The molecule has 1 nitrogen and oxygen atoms in total. The van der Waals surface area contributed by atoms with Crippen LogP contribution in [0.15, 0.2) is 18.2 Å². The smallest absolute Gasteiger partial charge is 0.128 e. The summed E-state index contributed by atoms with van der Waals surface area (Å²) in [5, 5.41) is 0. The quantitative estimate of drug-likeness (QED) is 0.662. The zero-order valence-corrected chi connectivity index (χ0v) is 8.59. The number of nitrogens with zero attached hydrogens (tertiary/aromatic N) is 1. The van der Waals surface area contributed by atoms with Crippen molar-refractivity contribution in [3.05, 3.63) is 29.6 Å². The molecule has 1 aromatic rings. The van der Waals surface area contributed by atoms with Gasteiger partial charge in [0.05, 0.1) is 0 Å². The number of benzene rings is 1. The zero-order valence-electron chi connectivity index (χ0n) is 8.59. The average molecular weight is 193 g/mol. The molecular weight excluding hydrogens is 177 g/mol. The van der Waals surface area contributed by atoms with Crippen molar-refractivity contribution in [1.29, 1.82) is 0 Å². The number of aryl methyl sites for hydroxylation is 1. The molecule has 1 aromatic carbocycles. The molecule has 0 bridgehead atoms. The van der Waals surface area contributed by atoms with Crippen molar-refractivity contribution < 1.29 is 4.39 Å². The fourth-order valence-electron chi connectivity index (χ4n) is 1.93. The molecule has 1 aliphatic rings. The summed E-state index contributed by atoms with van der Waals surface area (Å²) in [5.74, 6) is -0.0897. The van der Waals surface area contributed by atoms with E-state index in [-0.39, 0.29) is 5.82 Å². The van der Waals surface area contributed by atoms with Gasteiger partial charge in [-0.3, -0.25) is 0 Å². The molecule has 1 fully saturated rings. The molecule has 0 radical (unpaired) electrons. The third kappa shape index (κ3) is 1.89. The lowest BCUT2D eigenvalue weighted by Crippen LogP contribution is -2.29. The highest BCUT2D eigenvalue weighted by atomic mass is 19.1. The second-order valence-electron chi connectivity index (χ2n) is 3.98. The van der Waals surface area contributed by atoms with Crippen molar-refractivity contribution in [2.45, 2.75) is 26.2 Å². The zero-order chi connectivity index (χ0) is 9.97. The first-order valence-corrected chi connectivity index (χ1v) is 5.28. The predicted octanol–water partition coefficient (Wildman–Crippen LogP) is 3.12. The number of hydrogen-bond donors (Lipinski definition) is 0. The van der Waals surface area contributed by atoms with Crippen LogP contribution in [0, 0.1) is 12.7 Å². The second-order valence-corrected chi connectivity index (χ2v) is 3.98. The Balaban J connectivity index is 2.18. The largest absolute Gasteiger partial charge is 0.371 e. The van der Waals surface area contributed by atoms with Gasteiger partial charge in [0.15, 0.2) is 0 Å². The van der Waals surface area contributed by atoms with E-state index in [1.54, 1.807) is 13.0 Å². The van der Waals surface area contributed by atoms with Crippen LogP contribution in [-0.4, -0.2) is 13.1 Å². The van der Waals surface area contributed by atoms with Crippen LogP contribution in [0.5, 0.6) is 0 Å². The summed E-state index contributed by atoms with van der Waals surface area (Å²) in [4.78, 5) is 2.27. The van der Waals surface area contributed by atoms with Gasteiger partial charge in [0.1, 0.15) is 5.82 Å². The Kier molecular flexibility index (Phi) is 2.71. The van der Waals surface area contributed by atoms with Crippen LogP contribution in [0.1, 0.15) is 24.8 Å². The highest BCUT2D eigenvalue weighted by Gasteiger charge is 2.11. The van der Waals surface area contributed by atoms with Crippen LogP contribution in [0.4, 0.5) is 10.1 Å². The van der Waals surface area contributed by atoms with Crippen molar-refractivity contribution in [3.8, 4) is 0 Å². The predicted molar refractivity (Wildman–Crippen MR) is 57.2 cm³/mol. The highest BCUT2D eigenvalue weighted by molar-refractivity contribution is 5.48. The highest BCUT2D eigenvalue weighted by Crippen LogP contribution is 2.21. The Morgan fingerprint density at radius 2 is 1.86 bits per heavy atom. The summed E-state index contributed by atoms with van der Waals surface area (Å²) in [6.07, 6.45) is 3.77. The van der Waals surface area contributed by atoms with E-state index in [0.717, 1.165) is 24.3 Å². The van der Waals surface area contributed by atoms with E-state index in [0.29, 0.717) is 0 Å². The van der Waals surface area contributed by atoms with Crippen molar-refractivity contribution in [3.63, 3.8) is 0 Å². The molecule has 0 unspecified atom stereocenters. The van der Waals surface area contributed by atoms with Gasteiger partial charge >= 0.3 is 0 Å². The lowest BCUT2D eigenvalue weighted by Gasteiger charge is -2.28. The monoisotopic (exact) mass is 193 g/mol. The van der Waals surface area contributed by atoms with Gasteiger partial charge in [-0.05, 0) is 43.9 Å². The van der Waals surface area contributed by atoms with Crippen molar-refractivity contribution >= 4 is 5.69 Å². The van der Waals surface area contributed by atoms with Gasteiger partial charge in [0.25, 0.3) is 0 Å². The van der Waals surface area contributed by atoms with E-state index < -0.39 is 0 Å². The fraction of sp³-hybridized carbons (Fsp3) is 0.500. The molecule has 0 saturated carbocycles. The number of rotatable bonds is 1. The van der Waals surface area contributed by atoms with E-state index in [1.807, 2.05) is 12.1 Å². The van der Waals surface area contributed by atoms with E-state index in [1.165, 1.54) is 19.3 Å². The van der Waals surface area contributed by atoms with Gasteiger partial charge in [-0.2, -0.15) is 0 Å². The SMILES string of the molecule is Cc1ccc(N2CCCCC2)cc1F. The van der Waals surface area contributed by atoms with Crippen LogP contribution < -0.4 is 4.90 Å². The summed E-state index contributed by atoms with van der Waals surface area (Å²) in [6.45, 7) is 3.94. The summed E-state index contributed by atoms with van der Waals surface area (Å²) >= 11 is 0. The molecule has 0 spiro atoms. The Labute approximate surface area is 84.5 Å². The Morgan fingerprint density at radius 3 is 2.50 bits per heavy atom. The van der Waals surface area contributed by atoms with E-state index in [9.17, 15) is 4.39 Å². The fourth-order valence-corrected chi connectivity index (χ4v) is 1.93. The van der Waals surface area contributed by atoms with Crippen LogP contribution >= 0.6 is 0 Å². The van der Waals surface area contributed by atoms with Gasteiger partial charge in [-0.1, -0.05) is 6.07 Å². The normalized spacial score (nSPS) is 17.1. The number of halogens is 1. The molecule has 1 saturated heterocycles. The van der Waals surface area contributed by atoms with Gasteiger partial charge in [0, 0.05) is 18.8 Å². The molecule has 0 aromatic heterocycles. The molecule has 14 heavy (non-hydrogen) atoms. The molecule has 0 N–H and O–H groups in total. The molecule has 0 atom stereocenters. The van der Waals surface area contributed by atoms with Crippen molar-refractivity contribution in [2.75, 3.05) is 18.0 Å². The van der Waals surface area contributed by atoms with E-state index in [4.69, 9.17) is 0 Å². The molecule has 76 valence electrons. The van der Waals surface area contributed by atoms with Crippen LogP contribution in [0.3, 0.4) is 0 Å². The molecular formula is C12H16FN. The number of piperidine rings is 1. The first kappa shape index (κ1) is 9.50. The van der Waals surface area contributed by atoms with Gasteiger partial charge in [-0.25, -0.2) is 4.39 Å². The van der Waals surface area contributed by atoms with Gasteiger partial charge in [-0.15, -0.1) is 0 Å². The van der Waals surface area contributed by atoms with Crippen LogP contribution in [0.2, 0.25) is 0 Å². The summed E-state index contributed by atoms with van der Waals surface area (Å²) in [5.41, 5.74) is 1.76. The third-order valence-corrected chi connectivity index (χ3v) is 2.88. The maximum Gasteiger partial charge on any atom is 0.128 e. The van der Waals surface area contributed by atoms with Crippen LogP contribution in [-0.2, 0) is 0 Å². The number of anilines is 1. The minimum atomic E-state index is -0.0897. The lowest BCUT2D eigenvalue weighted by atomic mass is 10.1. The second kappa shape index (κ2) is 3.99. The molecule has 2 rings (SSSR count). The number of hydrogen-bond acceptors (Lipinski definition) is 1. The maximum atomic E-state index is 13.3. The minimum absolute atomic E-state index is 0.0897. The lowest BCUT2D eigenvalue weighted by molar-refractivity contribution is 0.573. The molecule has 0 amide bonds.